The molecule has 2 rings (SSSR count). The standard InChI is InChI=1S/C14H17BrFNO2/c1-14(2,3)19-13(18)17-7-9(8-17)11-6-10(16)4-5-12(11)15/h4-6,9H,7-8H2,1-3H3. The van der Waals surface area contributed by atoms with Gasteiger partial charge in [-0.15, -0.1) is 0 Å². The highest BCUT2D eigenvalue weighted by Crippen LogP contribution is 2.33. The summed E-state index contributed by atoms with van der Waals surface area (Å²) in [7, 11) is 0. The lowest BCUT2D eigenvalue weighted by Gasteiger charge is -2.40. The van der Waals surface area contributed by atoms with Gasteiger partial charge in [0, 0.05) is 23.5 Å². The van der Waals surface area contributed by atoms with E-state index < -0.39 is 5.60 Å². The van der Waals surface area contributed by atoms with E-state index in [4.69, 9.17) is 4.74 Å². The van der Waals surface area contributed by atoms with E-state index in [-0.39, 0.29) is 17.8 Å². The summed E-state index contributed by atoms with van der Waals surface area (Å²) in [5.74, 6) is -0.0912. The Morgan fingerprint density at radius 3 is 2.63 bits per heavy atom. The molecule has 0 unspecified atom stereocenters. The van der Waals surface area contributed by atoms with Crippen molar-refractivity contribution in [2.45, 2.75) is 32.3 Å². The maximum absolute atomic E-state index is 13.2. The quantitative estimate of drug-likeness (QED) is 0.781. The predicted molar refractivity (Wildman–Crippen MR) is 74.6 cm³/mol. The molecule has 5 heteroatoms. The second-order valence-electron chi connectivity index (χ2n) is 5.75. The zero-order valence-electron chi connectivity index (χ0n) is 11.2. The zero-order valence-corrected chi connectivity index (χ0v) is 12.8. The molecule has 0 aromatic heterocycles. The number of nitrogens with zero attached hydrogens (tertiary/aromatic N) is 1. The van der Waals surface area contributed by atoms with E-state index in [0.717, 1.165) is 10.0 Å². The Hall–Kier alpha value is -1.10. The molecule has 1 amide bonds. The molecule has 0 aliphatic carbocycles. The second kappa shape index (κ2) is 5.12. The van der Waals surface area contributed by atoms with Crippen molar-refractivity contribution in [1.29, 1.82) is 0 Å². The SMILES string of the molecule is CC(C)(C)OC(=O)N1CC(c2cc(F)ccc2Br)C1. The number of halogens is 2. The van der Waals surface area contributed by atoms with E-state index in [9.17, 15) is 9.18 Å². The van der Waals surface area contributed by atoms with Crippen molar-refractivity contribution >= 4 is 22.0 Å². The predicted octanol–water partition coefficient (Wildman–Crippen LogP) is 3.92. The van der Waals surface area contributed by atoms with Crippen LogP contribution in [0.15, 0.2) is 22.7 Å². The van der Waals surface area contributed by atoms with E-state index >= 15 is 0 Å². The Morgan fingerprint density at radius 2 is 2.05 bits per heavy atom. The highest BCUT2D eigenvalue weighted by Gasteiger charge is 2.35. The monoisotopic (exact) mass is 329 g/mol. The van der Waals surface area contributed by atoms with Gasteiger partial charge in [-0.05, 0) is 44.5 Å². The molecular formula is C14H17BrFNO2. The van der Waals surface area contributed by atoms with E-state index in [0.29, 0.717) is 13.1 Å². The molecular weight excluding hydrogens is 313 g/mol. The first-order valence-corrected chi connectivity index (χ1v) is 6.98. The van der Waals surface area contributed by atoms with Crippen molar-refractivity contribution < 1.29 is 13.9 Å². The summed E-state index contributed by atoms with van der Waals surface area (Å²) in [6.45, 7) is 6.65. The molecule has 1 aliphatic heterocycles. The van der Waals surface area contributed by atoms with Crippen LogP contribution in [0.25, 0.3) is 0 Å². The first kappa shape index (κ1) is 14.3. The van der Waals surface area contributed by atoms with Gasteiger partial charge in [0.1, 0.15) is 11.4 Å². The number of likely N-dealkylation sites (tertiary alicyclic amines) is 1. The van der Waals surface area contributed by atoms with Crippen molar-refractivity contribution in [3.63, 3.8) is 0 Å². The summed E-state index contributed by atoms with van der Waals surface area (Å²) in [4.78, 5) is 13.4. The maximum atomic E-state index is 13.2. The Kier molecular flexibility index (Phi) is 3.85. The number of hydrogen-bond donors (Lipinski definition) is 0. The van der Waals surface area contributed by atoms with Gasteiger partial charge in [0.15, 0.2) is 0 Å². The van der Waals surface area contributed by atoms with Crippen molar-refractivity contribution in [2.24, 2.45) is 0 Å². The van der Waals surface area contributed by atoms with Gasteiger partial charge in [0.2, 0.25) is 0 Å². The van der Waals surface area contributed by atoms with Gasteiger partial charge in [-0.25, -0.2) is 9.18 Å². The normalized spacial score (nSPS) is 16.2. The van der Waals surface area contributed by atoms with Crippen molar-refractivity contribution in [3.8, 4) is 0 Å². The fourth-order valence-corrected chi connectivity index (χ4v) is 2.55. The first-order chi connectivity index (χ1) is 8.76. The molecule has 0 bridgehead atoms. The van der Waals surface area contributed by atoms with Gasteiger partial charge in [-0.3, -0.25) is 0 Å². The highest BCUT2D eigenvalue weighted by molar-refractivity contribution is 9.10. The van der Waals surface area contributed by atoms with E-state index in [2.05, 4.69) is 15.9 Å². The van der Waals surface area contributed by atoms with Crippen LogP contribution in [-0.2, 0) is 4.74 Å². The lowest BCUT2D eigenvalue weighted by Crippen LogP contribution is -2.50. The summed E-state index contributed by atoms with van der Waals surface area (Å²) in [6.07, 6.45) is -0.309. The smallest absolute Gasteiger partial charge is 0.410 e. The third-order valence-electron chi connectivity index (χ3n) is 2.93. The Morgan fingerprint density at radius 1 is 1.42 bits per heavy atom. The summed E-state index contributed by atoms with van der Waals surface area (Å²) in [6, 6.07) is 4.62. The lowest BCUT2D eigenvalue weighted by molar-refractivity contribution is 0.00813. The van der Waals surface area contributed by atoms with Crippen LogP contribution in [0.1, 0.15) is 32.3 Å². The average Bonchev–Trinajstić information content (AvgIpc) is 2.18. The first-order valence-electron chi connectivity index (χ1n) is 6.19. The van der Waals surface area contributed by atoms with Gasteiger partial charge in [0.25, 0.3) is 0 Å². The number of ether oxygens (including phenoxy) is 1. The lowest BCUT2D eigenvalue weighted by atomic mass is 9.92. The molecule has 1 aromatic carbocycles. The summed E-state index contributed by atoms with van der Waals surface area (Å²) < 4.78 is 19.4. The minimum absolute atomic E-state index is 0.164. The summed E-state index contributed by atoms with van der Waals surface area (Å²) in [5, 5.41) is 0. The molecule has 1 aliphatic rings. The molecule has 0 N–H and O–H groups in total. The summed E-state index contributed by atoms with van der Waals surface area (Å²) in [5.41, 5.74) is 0.418. The molecule has 0 spiro atoms. The maximum Gasteiger partial charge on any atom is 0.410 e. The van der Waals surface area contributed by atoms with Gasteiger partial charge < -0.3 is 9.64 Å². The molecule has 1 aromatic rings. The number of hydrogen-bond acceptors (Lipinski definition) is 2. The van der Waals surface area contributed by atoms with E-state index in [1.165, 1.54) is 12.1 Å². The Balaban J connectivity index is 1.96. The molecule has 104 valence electrons. The summed E-state index contributed by atoms with van der Waals surface area (Å²) >= 11 is 3.41. The van der Waals surface area contributed by atoms with Crippen molar-refractivity contribution in [3.05, 3.63) is 34.1 Å². The van der Waals surface area contributed by atoms with Crippen molar-refractivity contribution in [1.82, 2.24) is 4.90 Å². The zero-order chi connectivity index (χ0) is 14.2. The third-order valence-corrected chi connectivity index (χ3v) is 3.65. The fourth-order valence-electron chi connectivity index (χ4n) is 1.98. The van der Waals surface area contributed by atoms with Gasteiger partial charge in [0.05, 0.1) is 0 Å². The fraction of sp³-hybridized carbons (Fsp3) is 0.500. The molecule has 19 heavy (non-hydrogen) atoms. The van der Waals surface area contributed by atoms with Crippen LogP contribution in [0.2, 0.25) is 0 Å². The molecule has 0 atom stereocenters. The molecule has 0 radical (unpaired) electrons. The molecule has 0 saturated carbocycles. The minimum atomic E-state index is -0.485. The molecule has 3 nitrogen and oxygen atoms in total. The van der Waals surface area contributed by atoms with Crippen LogP contribution in [-0.4, -0.2) is 29.7 Å². The van der Waals surface area contributed by atoms with Crippen LogP contribution in [0.3, 0.4) is 0 Å². The van der Waals surface area contributed by atoms with Crippen LogP contribution < -0.4 is 0 Å². The molecule has 1 heterocycles. The number of rotatable bonds is 1. The number of carbonyl (C=O) groups is 1. The van der Waals surface area contributed by atoms with Gasteiger partial charge in [-0.1, -0.05) is 15.9 Å². The number of amides is 1. The Labute approximate surface area is 120 Å². The van der Waals surface area contributed by atoms with Crippen LogP contribution in [0.5, 0.6) is 0 Å². The van der Waals surface area contributed by atoms with Gasteiger partial charge >= 0.3 is 6.09 Å². The van der Waals surface area contributed by atoms with E-state index in [1.807, 2.05) is 20.8 Å². The van der Waals surface area contributed by atoms with Crippen LogP contribution in [0.4, 0.5) is 9.18 Å². The average molecular weight is 330 g/mol. The van der Waals surface area contributed by atoms with E-state index in [1.54, 1.807) is 11.0 Å². The van der Waals surface area contributed by atoms with Crippen molar-refractivity contribution in [2.75, 3.05) is 13.1 Å². The third kappa shape index (κ3) is 3.47. The number of benzene rings is 1. The Bertz CT molecular complexity index is 493. The number of carbonyl (C=O) groups excluding carboxylic acids is 1. The minimum Gasteiger partial charge on any atom is -0.444 e. The topological polar surface area (TPSA) is 29.5 Å². The largest absolute Gasteiger partial charge is 0.444 e. The molecule has 1 fully saturated rings. The van der Waals surface area contributed by atoms with Crippen LogP contribution in [0, 0.1) is 5.82 Å². The van der Waals surface area contributed by atoms with Gasteiger partial charge in [-0.2, -0.15) is 0 Å². The second-order valence-corrected chi connectivity index (χ2v) is 6.60. The van der Waals surface area contributed by atoms with Crippen LogP contribution >= 0.6 is 15.9 Å². The highest BCUT2D eigenvalue weighted by atomic mass is 79.9. The molecule has 1 saturated heterocycles.